The first kappa shape index (κ1) is 19.7. The number of methoxy groups -OCH3 is 1. The number of pyridine rings is 1. The number of carbonyl (C=O) groups excluding carboxylic acids is 1. The molecule has 7 heteroatoms. The lowest BCUT2D eigenvalue weighted by Crippen LogP contribution is -2.45. The number of aromatic nitrogens is 1. The van der Waals surface area contributed by atoms with Crippen LogP contribution in [0.2, 0.25) is 0 Å². The second-order valence-electron chi connectivity index (χ2n) is 6.96. The van der Waals surface area contributed by atoms with Gasteiger partial charge in [0, 0.05) is 24.8 Å². The lowest BCUT2D eigenvalue weighted by Gasteiger charge is -2.36. The molecule has 1 aromatic heterocycles. The Bertz CT molecular complexity index is 718. The fourth-order valence-corrected chi connectivity index (χ4v) is 4.93. The van der Waals surface area contributed by atoms with E-state index in [1.54, 1.807) is 31.0 Å². The molecule has 0 bridgehead atoms. The molecule has 1 aliphatic rings. The minimum Gasteiger partial charge on any atom is -0.481 e. The summed E-state index contributed by atoms with van der Waals surface area (Å²) in [5, 5.41) is 0. The highest BCUT2D eigenvalue weighted by Crippen LogP contribution is 2.27. The molecule has 1 saturated carbocycles. The fourth-order valence-electron chi connectivity index (χ4n) is 3.47. The van der Waals surface area contributed by atoms with E-state index in [4.69, 9.17) is 4.74 Å². The maximum atomic E-state index is 12.5. The molecular weight excluding hydrogens is 340 g/mol. The van der Waals surface area contributed by atoms with Crippen molar-refractivity contribution in [3.63, 3.8) is 0 Å². The van der Waals surface area contributed by atoms with Crippen LogP contribution in [0.5, 0.6) is 5.88 Å². The summed E-state index contributed by atoms with van der Waals surface area (Å²) < 4.78 is 30.0. The molecule has 2 rings (SSSR count). The molecule has 2 unspecified atom stereocenters. The summed E-state index contributed by atoms with van der Waals surface area (Å²) in [4.78, 5) is 18.3. The second-order valence-corrected chi connectivity index (χ2v) is 9.03. The van der Waals surface area contributed by atoms with Crippen LogP contribution < -0.4 is 4.74 Å². The van der Waals surface area contributed by atoms with E-state index < -0.39 is 15.6 Å². The molecule has 0 saturated heterocycles. The number of amides is 1. The number of nitrogens with zero attached hydrogens (tertiary/aromatic N) is 2. The highest BCUT2D eigenvalue weighted by molar-refractivity contribution is 7.91. The first-order chi connectivity index (χ1) is 11.7. The van der Waals surface area contributed by atoms with Crippen molar-refractivity contribution in [3.8, 4) is 5.88 Å². The Morgan fingerprint density at radius 3 is 2.60 bits per heavy atom. The zero-order chi connectivity index (χ0) is 18.6. The number of hydrogen-bond donors (Lipinski definition) is 0. The van der Waals surface area contributed by atoms with Crippen LogP contribution in [0.1, 0.15) is 43.9 Å². The van der Waals surface area contributed by atoms with Gasteiger partial charge in [-0.05, 0) is 31.2 Å². The van der Waals surface area contributed by atoms with E-state index in [0.717, 1.165) is 19.3 Å². The summed E-state index contributed by atoms with van der Waals surface area (Å²) in [7, 11) is -0.310. The molecule has 0 N–H and O–H groups in total. The Kier molecular flexibility index (Phi) is 6.43. The van der Waals surface area contributed by atoms with E-state index >= 15 is 0 Å². The molecule has 1 aliphatic carbocycles. The van der Waals surface area contributed by atoms with Crippen molar-refractivity contribution in [3.05, 3.63) is 23.4 Å². The highest BCUT2D eigenvalue weighted by Gasteiger charge is 2.30. The van der Waals surface area contributed by atoms with Gasteiger partial charge in [0.1, 0.15) is 5.75 Å². The van der Waals surface area contributed by atoms with Gasteiger partial charge in [0.05, 0.1) is 12.9 Å². The van der Waals surface area contributed by atoms with Crippen molar-refractivity contribution in [1.82, 2.24) is 9.88 Å². The number of ether oxygens (including phenoxy) is 1. The van der Waals surface area contributed by atoms with Gasteiger partial charge in [0.2, 0.25) is 11.8 Å². The van der Waals surface area contributed by atoms with Crippen molar-refractivity contribution in [2.24, 2.45) is 5.92 Å². The average Bonchev–Trinajstić information content (AvgIpc) is 2.56. The lowest BCUT2D eigenvalue weighted by atomic mass is 9.85. The van der Waals surface area contributed by atoms with Gasteiger partial charge in [-0.2, -0.15) is 0 Å². The van der Waals surface area contributed by atoms with Gasteiger partial charge in [0.25, 0.3) is 0 Å². The third-order valence-corrected chi connectivity index (χ3v) is 6.49. The predicted octanol–water partition coefficient (Wildman–Crippen LogP) is 2.35. The molecule has 25 heavy (non-hydrogen) atoms. The molecule has 0 aliphatic heterocycles. The van der Waals surface area contributed by atoms with Crippen molar-refractivity contribution >= 4 is 15.7 Å². The van der Waals surface area contributed by atoms with Gasteiger partial charge in [-0.15, -0.1) is 0 Å². The molecule has 140 valence electrons. The van der Waals surface area contributed by atoms with Gasteiger partial charge >= 0.3 is 0 Å². The molecule has 0 radical (unpaired) electrons. The Hall–Kier alpha value is -1.63. The van der Waals surface area contributed by atoms with Crippen molar-refractivity contribution in [2.75, 3.05) is 19.9 Å². The summed E-state index contributed by atoms with van der Waals surface area (Å²) in [6, 6.07) is 3.46. The van der Waals surface area contributed by atoms with E-state index in [9.17, 15) is 13.2 Å². The van der Waals surface area contributed by atoms with E-state index in [0.29, 0.717) is 23.1 Å². The Balaban J connectivity index is 2.03. The smallest absolute Gasteiger partial charge is 0.237 e. The monoisotopic (exact) mass is 368 g/mol. The van der Waals surface area contributed by atoms with Crippen molar-refractivity contribution < 1.29 is 17.9 Å². The Morgan fingerprint density at radius 2 is 2.00 bits per heavy atom. The second kappa shape index (κ2) is 8.17. The number of rotatable bonds is 6. The first-order valence-corrected chi connectivity index (χ1v) is 10.5. The molecule has 1 fully saturated rings. The number of hydrogen-bond acceptors (Lipinski definition) is 5. The summed E-state index contributed by atoms with van der Waals surface area (Å²) in [5.41, 5.74) is 1.20. The predicted molar refractivity (Wildman–Crippen MR) is 97.2 cm³/mol. The molecule has 1 aromatic rings. The minimum absolute atomic E-state index is 0.140. The van der Waals surface area contributed by atoms with Gasteiger partial charge in [0.15, 0.2) is 9.84 Å². The molecule has 0 aromatic carbocycles. The zero-order valence-electron chi connectivity index (χ0n) is 15.5. The third kappa shape index (κ3) is 5.17. The van der Waals surface area contributed by atoms with Crippen LogP contribution in [0.3, 0.4) is 0 Å². The van der Waals surface area contributed by atoms with E-state index in [1.165, 1.54) is 13.5 Å². The molecule has 0 spiro atoms. The van der Waals surface area contributed by atoms with Crippen LogP contribution in [-0.2, 0) is 20.4 Å². The van der Waals surface area contributed by atoms with Gasteiger partial charge in [-0.3, -0.25) is 4.79 Å². The summed E-state index contributed by atoms with van der Waals surface area (Å²) in [5.74, 6) is -0.106. The first-order valence-electron chi connectivity index (χ1n) is 8.70. The standard InChI is InChI=1S/C18H28N2O4S/c1-13-7-5-6-8-16(13)20(3)18(21)12-25(22,23)11-15-9-10-17(24-4)19-14(15)2/h9-10,13,16H,5-8,11-12H2,1-4H3. The van der Waals surface area contributed by atoms with Crippen molar-refractivity contribution in [1.29, 1.82) is 0 Å². The SMILES string of the molecule is COc1ccc(CS(=O)(=O)CC(=O)N(C)C2CCCCC2C)c(C)n1. The van der Waals surface area contributed by atoms with Gasteiger partial charge < -0.3 is 9.64 Å². The Morgan fingerprint density at radius 1 is 1.32 bits per heavy atom. The van der Waals surface area contributed by atoms with Crippen LogP contribution >= 0.6 is 0 Å². The summed E-state index contributed by atoms with van der Waals surface area (Å²) in [6.45, 7) is 3.87. The normalized spacial score (nSPS) is 21.0. The lowest BCUT2D eigenvalue weighted by molar-refractivity contribution is -0.130. The minimum atomic E-state index is -3.55. The maximum absolute atomic E-state index is 12.5. The highest BCUT2D eigenvalue weighted by atomic mass is 32.2. The van der Waals surface area contributed by atoms with Crippen molar-refractivity contribution in [2.45, 2.75) is 51.3 Å². The van der Waals surface area contributed by atoms with E-state index in [1.807, 2.05) is 0 Å². The van der Waals surface area contributed by atoms with Gasteiger partial charge in [-0.1, -0.05) is 25.8 Å². The van der Waals surface area contributed by atoms with Gasteiger partial charge in [-0.25, -0.2) is 13.4 Å². The molecule has 2 atom stereocenters. The maximum Gasteiger partial charge on any atom is 0.237 e. The summed E-state index contributed by atoms with van der Waals surface area (Å²) in [6.07, 6.45) is 4.31. The van der Waals surface area contributed by atoms with Crippen LogP contribution in [0.15, 0.2) is 12.1 Å². The molecule has 1 heterocycles. The summed E-state index contributed by atoms with van der Waals surface area (Å²) >= 11 is 0. The largest absolute Gasteiger partial charge is 0.481 e. The van der Waals surface area contributed by atoms with E-state index in [-0.39, 0.29) is 17.7 Å². The Labute approximate surface area is 150 Å². The molecular formula is C18H28N2O4S. The number of carbonyl (C=O) groups is 1. The van der Waals surface area contributed by atoms with Crippen LogP contribution in [0.25, 0.3) is 0 Å². The quantitative estimate of drug-likeness (QED) is 0.770. The number of aryl methyl sites for hydroxylation is 1. The molecule has 6 nitrogen and oxygen atoms in total. The fraction of sp³-hybridized carbons (Fsp3) is 0.667. The van der Waals surface area contributed by atoms with Crippen LogP contribution in [-0.4, -0.2) is 50.2 Å². The van der Waals surface area contributed by atoms with Crippen LogP contribution in [0, 0.1) is 12.8 Å². The zero-order valence-corrected chi connectivity index (χ0v) is 16.3. The van der Waals surface area contributed by atoms with E-state index in [2.05, 4.69) is 11.9 Å². The average molecular weight is 368 g/mol. The molecule has 1 amide bonds. The van der Waals surface area contributed by atoms with Crippen LogP contribution in [0.4, 0.5) is 0 Å². The topological polar surface area (TPSA) is 76.6 Å². The third-order valence-electron chi connectivity index (χ3n) is 5.05. The number of sulfone groups is 1.